The fourth-order valence-corrected chi connectivity index (χ4v) is 2.22. The lowest BCUT2D eigenvalue weighted by molar-refractivity contribution is -0.134. The highest BCUT2D eigenvalue weighted by atomic mass is 16.5. The largest absolute Gasteiger partial charge is 0.427 e. The molecule has 1 aromatic carbocycles. The van der Waals surface area contributed by atoms with E-state index in [1.54, 1.807) is 0 Å². The van der Waals surface area contributed by atoms with Crippen LogP contribution in [0.15, 0.2) is 18.2 Å². The molecular formula is C15H21NO2. The zero-order valence-corrected chi connectivity index (χ0v) is 11.0. The molecule has 0 aliphatic carbocycles. The molecule has 0 saturated heterocycles. The second-order valence-corrected chi connectivity index (χ2v) is 4.78. The van der Waals surface area contributed by atoms with Crippen LogP contribution < -0.4 is 10.1 Å². The highest BCUT2D eigenvalue weighted by Gasteiger charge is 2.11. The van der Waals surface area contributed by atoms with E-state index in [1.807, 2.05) is 18.2 Å². The lowest BCUT2D eigenvalue weighted by Crippen LogP contribution is -2.12. The van der Waals surface area contributed by atoms with Gasteiger partial charge < -0.3 is 10.1 Å². The zero-order chi connectivity index (χ0) is 12.8. The van der Waals surface area contributed by atoms with Crippen LogP contribution in [0, 0.1) is 0 Å². The number of hydrogen-bond donors (Lipinski definition) is 1. The van der Waals surface area contributed by atoms with Crippen molar-refractivity contribution in [1.29, 1.82) is 0 Å². The zero-order valence-electron chi connectivity index (χ0n) is 11.0. The fraction of sp³-hybridized carbons (Fsp3) is 0.533. The number of carbonyl (C=O) groups excluding carboxylic acids is 1. The summed E-state index contributed by atoms with van der Waals surface area (Å²) >= 11 is 0. The third-order valence-corrected chi connectivity index (χ3v) is 3.23. The molecule has 3 heteroatoms. The summed E-state index contributed by atoms with van der Waals surface area (Å²) in [5.74, 6) is 0.561. The Labute approximate surface area is 109 Å². The number of esters is 1. The van der Waals surface area contributed by atoms with Crippen LogP contribution in [-0.4, -0.2) is 12.5 Å². The van der Waals surface area contributed by atoms with Crippen molar-refractivity contribution in [2.24, 2.45) is 0 Å². The van der Waals surface area contributed by atoms with E-state index >= 15 is 0 Å². The third-order valence-electron chi connectivity index (χ3n) is 3.23. The summed E-state index contributed by atoms with van der Waals surface area (Å²) in [6, 6.07) is 5.86. The second kappa shape index (κ2) is 6.43. The highest BCUT2D eigenvalue weighted by molar-refractivity contribution is 5.72. The quantitative estimate of drug-likeness (QED) is 0.491. The predicted molar refractivity (Wildman–Crippen MR) is 73.0 cm³/mol. The number of unbranched alkanes of at least 4 members (excludes halogenated alkanes) is 2. The van der Waals surface area contributed by atoms with Gasteiger partial charge in [0.1, 0.15) is 5.75 Å². The van der Waals surface area contributed by atoms with E-state index < -0.39 is 0 Å². The number of anilines is 1. The molecule has 1 aliphatic heterocycles. The number of rotatable bonds is 5. The van der Waals surface area contributed by atoms with Gasteiger partial charge in [0.25, 0.3) is 0 Å². The van der Waals surface area contributed by atoms with Gasteiger partial charge in [-0.3, -0.25) is 4.79 Å². The minimum Gasteiger partial charge on any atom is -0.427 e. The number of nitrogens with one attached hydrogen (secondary N) is 1. The molecule has 2 rings (SSSR count). The Morgan fingerprint density at radius 2 is 2.28 bits per heavy atom. The Bertz CT molecular complexity index is 415. The van der Waals surface area contributed by atoms with Gasteiger partial charge in [0, 0.05) is 18.7 Å². The van der Waals surface area contributed by atoms with E-state index in [0.717, 1.165) is 38.6 Å². The number of fused-ring (bicyclic) bond motifs is 1. The Hall–Kier alpha value is -1.51. The maximum atomic E-state index is 11.6. The first-order valence-corrected chi connectivity index (χ1v) is 6.87. The van der Waals surface area contributed by atoms with Crippen molar-refractivity contribution in [2.75, 3.05) is 11.9 Å². The molecule has 0 saturated carbocycles. The lowest BCUT2D eigenvalue weighted by atomic mass is 10.0. The van der Waals surface area contributed by atoms with E-state index in [0.29, 0.717) is 12.2 Å². The Balaban J connectivity index is 1.91. The molecule has 0 fully saturated rings. The van der Waals surface area contributed by atoms with Crippen molar-refractivity contribution in [1.82, 2.24) is 0 Å². The average Bonchev–Trinajstić information content (AvgIpc) is 2.39. The average molecular weight is 247 g/mol. The van der Waals surface area contributed by atoms with Gasteiger partial charge in [-0.2, -0.15) is 0 Å². The molecule has 0 aromatic heterocycles. The molecule has 18 heavy (non-hydrogen) atoms. The first-order valence-electron chi connectivity index (χ1n) is 6.87. The maximum Gasteiger partial charge on any atom is 0.311 e. The molecule has 1 aromatic rings. The first kappa shape index (κ1) is 12.9. The molecule has 0 radical (unpaired) electrons. The summed E-state index contributed by atoms with van der Waals surface area (Å²) in [5, 5.41) is 3.34. The molecule has 1 aliphatic rings. The number of aryl methyl sites for hydroxylation is 1. The number of ether oxygens (including phenoxy) is 1. The molecular weight excluding hydrogens is 226 g/mol. The van der Waals surface area contributed by atoms with Crippen LogP contribution in [0.3, 0.4) is 0 Å². The summed E-state index contributed by atoms with van der Waals surface area (Å²) in [7, 11) is 0. The molecule has 3 nitrogen and oxygen atoms in total. The fourth-order valence-electron chi connectivity index (χ4n) is 2.22. The Morgan fingerprint density at radius 1 is 1.39 bits per heavy atom. The van der Waals surface area contributed by atoms with Crippen LogP contribution in [-0.2, 0) is 11.2 Å². The third kappa shape index (κ3) is 3.49. The number of carbonyl (C=O) groups is 1. The molecule has 0 unspecified atom stereocenters. The van der Waals surface area contributed by atoms with Crippen molar-refractivity contribution in [3.05, 3.63) is 23.8 Å². The maximum absolute atomic E-state index is 11.6. The minimum absolute atomic E-state index is 0.118. The molecule has 0 amide bonds. The molecule has 0 atom stereocenters. The van der Waals surface area contributed by atoms with E-state index in [2.05, 4.69) is 12.2 Å². The van der Waals surface area contributed by atoms with Crippen molar-refractivity contribution in [3.8, 4) is 5.75 Å². The van der Waals surface area contributed by atoms with Crippen LogP contribution in [0.2, 0.25) is 0 Å². The van der Waals surface area contributed by atoms with Crippen LogP contribution in [0.4, 0.5) is 5.69 Å². The molecule has 1 heterocycles. The smallest absolute Gasteiger partial charge is 0.311 e. The van der Waals surface area contributed by atoms with Crippen LogP contribution >= 0.6 is 0 Å². The van der Waals surface area contributed by atoms with E-state index in [4.69, 9.17) is 4.74 Å². The van der Waals surface area contributed by atoms with Crippen molar-refractivity contribution in [2.45, 2.75) is 45.4 Å². The van der Waals surface area contributed by atoms with Gasteiger partial charge in [-0.25, -0.2) is 0 Å². The monoisotopic (exact) mass is 247 g/mol. The molecule has 1 N–H and O–H groups in total. The summed E-state index contributed by atoms with van der Waals surface area (Å²) in [4.78, 5) is 11.6. The summed E-state index contributed by atoms with van der Waals surface area (Å²) in [5.41, 5.74) is 2.42. The van der Waals surface area contributed by atoms with Gasteiger partial charge in [-0.05, 0) is 43.0 Å². The van der Waals surface area contributed by atoms with E-state index in [-0.39, 0.29) is 5.97 Å². The summed E-state index contributed by atoms with van der Waals surface area (Å²) in [6.45, 7) is 3.16. The second-order valence-electron chi connectivity index (χ2n) is 4.78. The van der Waals surface area contributed by atoms with Gasteiger partial charge >= 0.3 is 5.97 Å². The Kier molecular flexibility index (Phi) is 4.62. The van der Waals surface area contributed by atoms with Crippen molar-refractivity contribution in [3.63, 3.8) is 0 Å². The molecule has 98 valence electrons. The lowest BCUT2D eigenvalue weighted by Gasteiger charge is -2.18. The van der Waals surface area contributed by atoms with Crippen LogP contribution in [0.1, 0.15) is 44.6 Å². The van der Waals surface area contributed by atoms with Crippen LogP contribution in [0.25, 0.3) is 0 Å². The number of hydrogen-bond acceptors (Lipinski definition) is 3. The van der Waals surface area contributed by atoms with Crippen molar-refractivity contribution >= 4 is 11.7 Å². The van der Waals surface area contributed by atoms with Gasteiger partial charge in [-0.1, -0.05) is 19.8 Å². The van der Waals surface area contributed by atoms with Gasteiger partial charge in [-0.15, -0.1) is 0 Å². The normalized spacial score (nSPS) is 13.6. The van der Waals surface area contributed by atoms with Gasteiger partial charge in [0.05, 0.1) is 0 Å². The summed E-state index contributed by atoms with van der Waals surface area (Å²) in [6.07, 6.45) is 5.84. The topological polar surface area (TPSA) is 38.3 Å². The Morgan fingerprint density at radius 3 is 3.11 bits per heavy atom. The highest BCUT2D eigenvalue weighted by Crippen LogP contribution is 2.26. The molecule has 0 spiro atoms. The summed E-state index contributed by atoms with van der Waals surface area (Å²) < 4.78 is 5.36. The first-order chi connectivity index (χ1) is 8.79. The molecule has 0 bridgehead atoms. The van der Waals surface area contributed by atoms with Crippen LogP contribution in [0.5, 0.6) is 5.75 Å². The SMILES string of the molecule is CCCCCC(=O)Oc1ccc2c(c1)CCCN2. The minimum atomic E-state index is -0.118. The van der Waals surface area contributed by atoms with E-state index in [9.17, 15) is 4.79 Å². The van der Waals surface area contributed by atoms with Gasteiger partial charge in [0.15, 0.2) is 0 Å². The van der Waals surface area contributed by atoms with Crippen molar-refractivity contribution < 1.29 is 9.53 Å². The van der Waals surface area contributed by atoms with E-state index in [1.165, 1.54) is 11.3 Å². The standard InChI is InChI=1S/C15H21NO2/c1-2-3-4-7-15(17)18-13-8-9-14-12(11-13)6-5-10-16-14/h8-9,11,16H,2-7,10H2,1H3. The predicted octanol–water partition coefficient (Wildman–Crippen LogP) is 3.53. The number of benzene rings is 1. The van der Waals surface area contributed by atoms with Gasteiger partial charge in [0.2, 0.25) is 0 Å².